The molecule has 0 aromatic heterocycles. The van der Waals surface area contributed by atoms with Crippen LogP contribution in [0, 0.1) is 0 Å². The summed E-state index contributed by atoms with van der Waals surface area (Å²) in [6.45, 7) is 4.47. The summed E-state index contributed by atoms with van der Waals surface area (Å²) in [6, 6.07) is 30.2. The summed E-state index contributed by atoms with van der Waals surface area (Å²) in [5.41, 5.74) is 6.15. The third-order valence-electron chi connectivity index (χ3n) is 7.73. The zero-order valence-corrected chi connectivity index (χ0v) is 23.5. The fourth-order valence-corrected chi connectivity index (χ4v) is 9.05. The van der Waals surface area contributed by atoms with Gasteiger partial charge in [-0.05, 0) is 89.1 Å². The standard InChI is InChI=1S/C34H38NOP/c1-5-7-14-31-32-23-27-17-16-26(25-18-20-29(21-19-25)35(3)4)22-28(27)24-34(32)37(36,33(31)15-8-6-2)30-12-10-9-11-13-30/h9-13,16-24H,5-8,14-15H2,1-4H3. The minimum Gasteiger partial charge on any atom is -0.378 e. The van der Waals surface area contributed by atoms with Crippen LogP contribution in [-0.2, 0) is 4.57 Å². The molecule has 0 spiro atoms. The van der Waals surface area contributed by atoms with Crippen molar-refractivity contribution in [1.82, 2.24) is 0 Å². The molecule has 3 heteroatoms. The van der Waals surface area contributed by atoms with Gasteiger partial charge >= 0.3 is 0 Å². The molecule has 4 aromatic rings. The van der Waals surface area contributed by atoms with Gasteiger partial charge in [0.1, 0.15) is 0 Å². The normalized spacial score (nSPS) is 16.9. The highest BCUT2D eigenvalue weighted by atomic mass is 31.2. The third-order valence-corrected chi connectivity index (χ3v) is 11.1. The van der Waals surface area contributed by atoms with Crippen LogP contribution in [0.3, 0.4) is 0 Å². The topological polar surface area (TPSA) is 20.3 Å². The van der Waals surface area contributed by atoms with Crippen molar-refractivity contribution in [2.75, 3.05) is 19.0 Å². The Bertz CT molecular complexity index is 1480. The molecule has 1 aliphatic rings. The second-order valence-corrected chi connectivity index (χ2v) is 13.2. The Morgan fingerprint density at radius 3 is 2.05 bits per heavy atom. The van der Waals surface area contributed by atoms with Crippen molar-refractivity contribution in [3.63, 3.8) is 0 Å². The molecule has 0 N–H and O–H groups in total. The fraction of sp³-hybridized carbons (Fsp3) is 0.294. The maximum atomic E-state index is 15.3. The maximum absolute atomic E-state index is 15.3. The first-order valence-corrected chi connectivity index (χ1v) is 15.4. The summed E-state index contributed by atoms with van der Waals surface area (Å²) in [5.74, 6) is 0. The van der Waals surface area contributed by atoms with E-state index in [1.807, 2.05) is 18.2 Å². The predicted octanol–water partition coefficient (Wildman–Crippen LogP) is 8.99. The lowest BCUT2D eigenvalue weighted by Crippen LogP contribution is -2.16. The Balaban J connectivity index is 1.69. The van der Waals surface area contributed by atoms with Crippen LogP contribution < -0.4 is 15.5 Å². The van der Waals surface area contributed by atoms with Gasteiger partial charge in [-0.2, -0.15) is 0 Å². The lowest BCUT2D eigenvalue weighted by molar-refractivity contribution is 0.589. The summed E-state index contributed by atoms with van der Waals surface area (Å²) < 4.78 is 15.3. The lowest BCUT2D eigenvalue weighted by Gasteiger charge is -2.19. The van der Waals surface area contributed by atoms with Crippen LogP contribution in [0.25, 0.3) is 27.5 Å². The second kappa shape index (κ2) is 10.7. The molecule has 2 nitrogen and oxygen atoms in total. The SMILES string of the molecule is CCCCC1=C(CCCC)P(=O)(c2ccccc2)c2cc3cc(-c4ccc(N(C)C)cc4)ccc3cc21. The number of hydrogen-bond acceptors (Lipinski definition) is 2. The minimum absolute atomic E-state index is 0.913. The Labute approximate surface area is 222 Å². The van der Waals surface area contributed by atoms with Crippen LogP contribution in [0.4, 0.5) is 5.69 Å². The van der Waals surface area contributed by atoms with Crippen molar-refractivity contribution in [3.8, 4) is 11.1 Å². The van der Waals surface area contributed by atoms with Gasteiger partial charge in [0.2, 0.25) is 0 Å². The van der Waals surface area contributed by atoms with Gasteiger partial charge < -0.3 is 9.46 Å². The van der Waals surface area contributed by atoms with Crippen LogP contribution in [0.5, 0.6) is 0 Å². The molecule has 37 heavy (non-hydrogen) atoms. The van der Waals surface area contributed by atoms with Gasteiger partial charge in [0.15, 0.2) is 7.14 Å². The maximum Gasteiger partial charge on any atom is 0.168 e. The van der Waals surface area contributed by atoms with E-state index in [1.165, 1.54) is 38.7 Å². The van der Waals surface area contributed by atoms with E-state index in [1.54, 1.807) is 0 Å². The number of allylic oxidation sites excluding steroid dienone is 2. The van der Waals surface area contributed by atoms with Crippen LogP contribution in [-0.4, -0.2) is 14.1 Å². The molecular formula is C34H38NOP. The largest absolute Gasteiger partial charge is 0.378 e. The van der Waals surface area contributed by atoms with Crippen molar-refractivity contribution in [3.05, 3.63) is 95.8 Å². The molecule has 0 saturated heterocycles. The van der Waals surface area contributed by atoms with E-state index in [-0.39, 0.29) is 0 Å². The first-order chi connectivity index (χ1) is 18.0. The first-order valence-electron chi connectivity index (χ1n) is 13.7. The number of rotatable bonds is 9. The summed E-state index contributed by atoms with van der Waals surface area (Å²) in [5, 5.41) is 5.61. The van der Waals surface area contributed by atoms with Crippen molar-refractivity contribution < 1.29 is 4.57 Å². The molecule has 1 unspecified atom stereocenters. The molecule has 190 valence electrons. The lowest BCUT2D eigenvalue weighted by atomic mass is 9.94. The monoisotopic (exact) mass is 507 g/mol. The van der Waals surface area contributed by atoms with Gasteiger partial charge in [0.05, 0.1) is 0 Å². The van der Waals surface area contributed by atoms with Crippen molar-refractivity contribution in [2.45, 2.75) is 52.4 Å². The Kier molecular flexibility index (Phi) is 7.40. The van der Waals surface area contributed by atoms with Crippen molar-refractivity contribution in [1.29, 1.82) is 0 Å². The van der Waals surface area contributed by atoms with Gasteiger partial charge in [-0.15, -0.1) is 0 Å². The van der Waals surface area contributed by atoms with Crippen LogP contribution in [0.15, 0.2) is 90.2 Å². The average Bonchev–Trinajstić information content (AvgIpc) is 3.16. The van der Waals surface area contributed by atoms with E-state index in [9.17, 15) is 0 Å². The molecule has 1 heterocycles. The first kappa shape index (κ1) is 25.6. The van der Waals surface area contributed by atoms with E-state index < -0.39 is 7.14 Å². The fourth-order valence-electron chi connectivity index (χ4n) is 5.63. The smallest absolute Gasteiger partial charge is 0.168 e. The van der Waals surface area contributed by atoms with Crippen molar-refractivity contribution in [2.24, 2.45) is 0 Å². The predicted molar refractivity (Wildman–Crippen MR) is 163 cm³/mol. The van der Waals surface area contributed by atoms with Crippen LogP contribution in [0.1, 0.15) is 57.9 Å². The summed E-state index contributed by atoms with van der Waals surface area (Å²) in [7, 11) is 1.24. The second-order valence-electron chi connectivity index (χ2n) is 10.4. The number of fused-ring (bicyclic) bond motifs is 2. The molecule has 5 rings (SSSR count). The highest BCUT2D eigenvalue weighted by Crippen LogP contribution is 2.62. The summed E-state index contributed by atoms with van der Waals surface area (Å²) in [6.07, 6.45) is 6.35. The van der Waals surface area contributed by atoms with E-state index >= 15 is 4.57 Å². The molecular weight excluding hydrogens is 469 g/mol. The summed E-state index contributed by atoms with van der Waals surface area (Å²) >= 11 is 0. The third kappa shape index (κ3) is 4.69. The van der Waals surface area contributed by atoms with E-state index in [0.29, 0.717) is 0 Å². The van der Waals surface area contributed by atoms with Crippen LogP contribution >= 0.6 is 7.14 Å². The van der Waals surface area contributed by atoms with Gasteiger partial charge in [0, 0.05) is 35.7 Å². The average molecular weight is 508 g/mol. The van der Waals surface area contributed by atoms with Crippen LogP contribution in [0.2, 0.25) is 0 Å². The zero-order chi connectivity index (χ0) is 26.0. The molecule has 0 fully saturated rings. The Morgan fingerprint density at radius 2 is 1.38 bits per heavy atom. The highest BCUT2D eigenvalue weighted by molar-refractivity contribution is 7.83. The minimum atomic E-state index is -2.88. The molecule has 1 aliphatic heterocycles. The Hall–Kier alpha value is -3.09. The van der Waals surface area contributed by atoms with Crippen molar-refractivity contribution >= 4 is 39.8 Å². The number of nitrogens with zero attached hydrogens (tertiary/aromatic N) is 1. The number of anilines is 1. The quantitative estimate of drug-likeness (QED) is 0.211. The molecule has 4 aromatic carbocycles. The molecule has 0 bridgehead atoms. The zero-order valence-electron chi connectivity index (χ0n) is 22.6. The highest BCUT2D eigenvalue weighted by Gasteiger charge is 2.41. The Morgan fingerprint density at radius 1 is 0.703 bits per heavy atom. The molecule has 0 amide bonds. The molecule has 0 aliphatic carbocycles. The molecule has 0 radical (unpaired) electrons. The van der Waals surface area contributed by atoms with Gasteiger partial charge in [-0.3, -0.25) is 0 Å². The van der Waals surface area contributed by atoms with Gasteiger partial charge in [-0.25, -0.2) is 0 Å². The summed E-state index contributed by atoms with van der Waals surface area (Å²) in [4.78, 5) is 2.12. The van der Waals surface area contributed by atoms with E-state index in [2.05, 4.69) is 99.6 Å². The molecule has 0 saturated carbocycles. The van der Waals surface area contributed by atoms with Gasteiger partial charge in [-0.1, -0.05) is 81.3 Å². The van der Waals surface area contributed by atoms with E-state index in [0.717, 1.165) is 54.5 Å². The number of unbranched alkanes of at least 4 members (excludes halogenated alkanes) is 2. The number of hydrogen-bond donors (Lipinski definition) is 0. The van der Waals surface area contributed by atoms with Gasteiger partial charge in [0.25, 0.3) is 0 Å². The molecule has 1 atom stereocenters. The van der Waals surface area contributed by atoms with E-state index in [4.69, 9.17) is 0 Å². The number of benzene rings is 4.